The third-order valence-corrected chi connectivity index (χ3v) is 2.94. The average molecular weight is 353 g/mol. The molecule has 0 bridgehead atoms. The Morgan fingerprint density at radius 3 is 2.72 bits per heavy atom. The third-order valence-electron chi connectivity index (χ3n) is 2.94. The molecule has 2 aromatic heterocycles. The van der Waals surface area contributed by atoms with Gasteiger partial charge < -0.3 is 10.1 Å². The van der Waals surface area contributed by atoms with E-state index in [2.05, 4.69) is 15.3 Å². The normalized spacial score (nSPS) is 10.8. The van der Waals surface area contributed by atoms with Crippen molar-refractivity contribution in [3.63, 3.8) is 0 Å². The molecule has 25 heavy (non-hydrogen) atoms. The van der Waals surface area contributed by atoms with Gasteiger partial charge >= 0.3 is 11.9 Å². The largest absolute Gasteiger partial charge is 0.475 e. The molecule has 0 atom stereocenters. The van der Waals surface area contributed by atoms with E-state index in [4.69, 9.17) is 10.00 Å². The molecule has 0 saturated heterocycles. The Hall–Kier alpha value is -3.42. The third kappa shape index (κ3) is 4.31. The molecule has 0 aliphatic heterocycles. The number of nitriles is 1. The molecule has 1 N–H and O–H groups in total. The van der Waals surface area contributed by atoms with Gasteiger partial charge in [-0.25, -0.2) is 9.97 Å². The fourth-order valence-electron chi connectivity index (χ4n) is 1.90. The molecule has 0 saturated carbocycles. The van der Waals surface area contributed by atoms with Crippen LogP contribution in [0.3, 0.4) is 0 Å². The minimum atomic E-state index is -4.61. The zero-order valence-electron chi connectivity index (χ0n) is 12.4. The van der Waals surface area contributed by atoms with E-state index in [1.54, 1.807) is 6.07 Å². The van der Waals surface area contributed by atoms with Crippen molar-refractivity contribution < 1.29 is 22.8 Å². The Bertz CT molecular complexity index is 820. The van der Waals surface area contributed by atoms with Crippen molar-refractivity contribution in [2.75, 3.05) is 18.5 Å². The van der Waals surface area contributed by atoms with Crippen LogP contribution in [0.4, 0.5) is 24.7 Å². The molecule has 0 aliphatic carbocycles. The molecule has 11 heteroatoms. The first-order valence-electron chi connectivity index (χ1n) is 6.77. The molecule has 0 radical (unpaired) electrons. The predicted octanol–water partition coefficient (Wildman–Crippen LogP) is 2.77. The number of ether oxygens (including phenoxy) is 1. The fraction of sp³-hybridized carbons (Fsp3) is 0.214. The predicted molar refractivity (Wildman–Crippen MR) is 78.8 cm³/mol. The number of nitrogens with zero attached hydrogens (tertiary/aromatic N) is 4. The van der Waals surface area contributed by atoms with Crippen LogP contribution in [0.15, 0.2) is 30.6 Å². The van der Waals surface area contributed by atoms with Crippen LogP contribution >= 0.6 is 0 Å². The fourth-order valence-corrected chi connectivity index (χ4v) is 1.90. The number of aromatic nitrogens is 2. The summed E-state index contributed by atoms with van der Waals surface area (Å²) in [5.41, 5.74) is -1.73. The molecule has 0 amide bonds. The second-order valence-corrected chi connectivity index (χ2v) is 4.55. The van der Waals surface area contributed by atoms with Gasteiger partial charge in [0.15, 0.2) is 0 Å². The van der Waals surface area contributed by atoms with Gasteiger partial charge in [0.1, 0.15) is 23.8 Å². The van der Waals surface area contributed by atoms with Gasteiger partial charge in [0.25, 0.3) is 0 Å². The lowest BCUT2D eigenvalue weighted by Crippen LogP contribution is -2.16. The summed E-state index contributed by atoms with van der Waals surface area (Å²) in [4.78, 5) is 17.5. The molecule has 2 rings (SSSR count). The second-order valence-electron chi connectivity index (χ2n) is 4.55. The maximum atomic E-state index is 12.8. The van der Waals surface area contributed by atoms with Crippen molar-refractivity contribution in [2.45, 2.75) is 6.18 Å². The highest BCUT2D eigenvalue weighted by atomic mass is 19.4. The summed E-state index contributed by atoms with van der Waals surface area (Å²) in [5, 5.41) is 22.4. The van der Waals surface area contributed by atoms with Crippen LogP contribution in [-0.2, 0) is 6.18 Å². The quantitative estimate of drug-likeness (QED) is 0.482. The van der Waals surface area contributed by atoms with E-state index in [-0.39, 0.29) is 24.5 Å². The number of nitro groups is 1. The van der Waals surface area contributed by atoms with Gasteiger partial charge in [-0.1, -0.05) is 0 Å². The van der Waals surface area contributed by atoms with Crippen molar-refractivity contribution in [1.29, 1.82) is 5.26 Å². The number of hydrogen-bond donors (Lipinski definition) is 1. The Morgan fingerprint density at radius 1 is 1.32 bits per heavy atom. The Balaban J connectivity index is 2.04. The summed E-state index contributed by atoms with van der Waals surface area (Å²) < 4.78 is 43.4. The zero-order chi connectivity index (χ0) is 18.4. The van der Waals surface area contributed by atoms with Gasteiger partial charge in [0.2, 0.25) is 11.7 Å². The molecule has 130 valence electrons. The van der Waals surface area contributed by atoms with Crippen molar-refractivity contribution in [1.82, 2.24) is 9.97 Å². The number of anilines is 1. The maximum absolute atomic E-state index is 12.8. The lowest BCUT2D eigenvalue weighted by atomic mass is 10.2. The summed E-state index contributed by atoms with van der Waals surface area (Å²) in [7, 11) is 0. The molecule has 2 aromatic rings. The zero-order valence-corrected chi connectivity index (χ0v) is 12.4. The summed E-state index contributed by atoms with van der Waals surface area (Å²) >= 11 is 0. The van der Waals surface area contributed by atoms with Gasteiger partial charge in [-0.15, -0.1) is 0 Å². The SMILES string of the molecule is N#Cc1ccnc(NCCOc2ncccc2C(F)(F)F)c1[N+](=O)[O-]. The van der Waals surface area contributed by atoms with Crippen LogP contribution in [0.2, 0.25) is 0 Å². The van der Waals surface area contributed by atoms with Crippen molar-refractivity contribution in [3.8, 4) is 11.9 Å². The highest BCUT2D eigenvalue weighted by molar-refractivity contribution is 5.63. The highest BCUT2D eigenvalue weighted by Gasteiger charge is 2.35. The van der Waals surface area contributed by atoms with Crippen LogP contribution in [-0.4, -0.2) is 28.0 Å². The molecule has 8 nitrogen and oxygen atoms in total. The van der Waals surface area contributed by atoms with Gasteiger partial charge in [-0.05, 0) is 18.2 Å². The van der Waals surface area contributed by atoms with Crippen LogP contribution in [0.1, 0.15) is 11.1 Å². The maximum Gasteiger partial charge on any atom is 0.421 e. The smallest absolute Gasteiger partial charge is 0.421 e. The Labute approximate surface area is 139 Å². The molecule has 2 heterocycles. The number of halogens is 3. The first-order valence-corrected chi connectivity index (χ1v) is 6.77. The van der Waals surface area contributed by atoms with E-state index < -0.39 is 28.2 Å². The highest BCUT2D eigenvalue weighted by Crippen LogP contribution is 2.34. The van der Waals surface area contributed by atoms with Crippen LogP contribution < -0.4 is 10.1 Å². The lowest BCUT2D eigenvalue weighted by molar-refractivity contribution is -0.384. The molecular formula is C14H10F3N5O3. The summed E-state index contributed by atoms with van der Waals surface area (Å²) in [6.07, 6.45) is -2.26. The topological polar surface area (TPSA) is 114 Å². The Morgan fingerprint density at radius 2 is 2.08 bits per heavy atom. The number of hydrogen-bond acceptors (Lipinski definition) is 7. The minimum Gasteiger partial charge on any atom is -0.475 e. The number of nitrogens with one attached hydrogen (secondary N) is 1. The molecule has 0 aromatic carbocycles. The van der Waals surface area contributed by atoms with Crippen LogP contribution in [0.5, 0.6) is 5.88 Å². The van der Waals surface area contributed by atoms with E-state index in [1.165, 1.54) is 12.3 Å². The first-order chi connectivity index (χ1) is 11.8. The van der Waals surface area contributed by atoms with Crippen molar-refractivity contribution >= 4 is 11.5 Å². The molecule has 0 fully saturated rings. The van der Waals surface area contributed by atoms with Crippen LogP contribution in [0.25, 0.3) is 0 Å². The van der Waals surface area contributed by atoms with E-state index in [1.807, 2.05) is 0 Å². The monoisotopic (exact) mass is 353 g/mol. The van der Waals surface area contributed by atoms with Gasteiger partial charge in [0, 0.05) is 12.4 Å². The van der Waals surface area contributed by atoms with E-state index in [0.29, 0.717) is 0 Å². The Kier molecular flexibility index (Phi) is 5.33. The van der Waals surface area contributed by atoms with Crippen molar-refractivity contribution in [3.05, 3.63) is 51.8 Å². The number of rotatable bonds is 6. The molecular weight excluding hydrogens is 343 g/mol. The average Bonchev–Trinajstić information content (AvgIpc) is 2.57. The summed E-state index contributed by atoms with van der Waals surface area (Å²) in [5.74, 6) is -0.769. The minimum absolute atomic E-state index is 0.0867. The molecule has 0 spiro atoms. The van der Waals surface area contributed by atoms with Crippen LogP contribution in [0, 0.1) is 21.4 Å². The molecule has 0 aliphatic rings. The van der Waals surface area contributed by atoms with Crippen molar-refractivity contribution in [2.24, 2.45) is 0 Å². The number of pyridine rings is 2. The van der Waals surface area contributed by atoms with Gasteiger partial charge in [0.05, 0.1) is 11.5 Å². The number of alkyl halides is 3. The first kappa shape index (κ1) is 17.9. The van der Waals surface area contributed by atoms with Gasteiger partial charge in [-0.2, -0.15) is 18.4 Å². The second kappa shape index (κ2) is 7.43. The lowest BCUT2D eigenvalue weighted by Gasteiger charge is -2.12. The van der Waals surface area contributed by atoms with E-state index >= 15 is 0 Å². The molecule has 0 unspecified atom stereocenters. The van der Waals surface area contributed by atoms with E-state index in [0.717, 1.165) is 18.3 Å². The summed E-state index contributed by atoms with van der Waals surface area (Å²) in [6, 6.07) is 4.82. The standard InChI is InChI=1S/C14H10F3N5O3/c15-14(16,17)10-2-1-4-21-13(10)25-7-6-20-12-11(22(23)24)9(8-18)3-5-19-12/h1-5H,6-7H2,(H,19,20). The van der Waals surface area contributed by atoms with E-state index in [9.17, 15) is 23.3 Å². The van der Waals surface area contributed by atoms with Gasteiger partial charge in [-0.3, -0.25) is 10.1 Å². The summed E-state index contributed by atoms with van der Waals surface area (Å²) in [6.45, 7) is -0.341.